The van der Waals surface area contributed by atoms with Gasteiger partial charge < -0.3 is 20.1 Å². The molecule has 1 aliphatic heterocycles. The second kappa shape index (κ2) is 9.26. The standard InChI is InChI=1S/C26H23F4N5O3/c1-25(24(38)31-12-15-5-7-17(27)8-6-15)13-34-14-32-20(21(34)23(37)35(25)19-9-10-19)22(36)33-18-4-2-3-16(11-18)26(28,29)30/h2-8,11,14,19H,9-10,12-13H2,1H3,(H,31,38)(H,33,36)/t25-/m1/s1. The molecule has 3 aromatic rings. The number of nitrogens with one attached hydrogen (secondary N) is 2. The van der Waals surface area contributed by atoms with Gasteiger partial charge in [0.15, 0.2) is 5.69 Å². The largest absolute Gasteiger partial charge is 0.416 e. The number of aromatic nitrogens is 2. The summed E-state index contributed by atoms with van der Waals surface area (Å²) in [5.41, 5.74) is -1.92. The fourth-order valence-electron chi connectivity index (χ4n) is 4.66. The van der Waals surface area contributed by atoms with E-state index in [0.717, 1.165) is 18.2 Å². The van der Waals surface area contributed by atoms with E-state index in [-0.39, 0.29) is 36.2 Å². The maximum Gasteiger partial charge on any atom is 0.416 e. The zero-order chi connectivity index (χ0) is 27.2. The Morgan fingerprint density at radius 2 is 1.84 bits per heavy atom. The predicted molar refractivity (Wildman–Crippen MR) is 127 cm³/mol. The number of hydrogen-bond donors (Lipinski definition) is 2. The van der Waals surface area contributed by atoms with Gasteiger partial charge in [-0.3, -0.25) is 14.4 Å². The third kappa shape index (κ3) is 4.73. The molecule has 0 radical (unpaired) electrons. The first-order valence-corrected chi connectivity index (χ1v) is 11.9. The van der Waals surface area contributed by atoms with E-state index >= 15 is 0 Å². The fourth-order valence-corrected chi connectivity index (χ4v) is 4.66. The van der Waals surface area contributed by atoms with Crippen LogP contribution in [0, 0.1) is 5.82 Å². The minimum Gasteiger partial charge on any atom is -0.350 e. The van der Waals surface area contributed by atoms with Crippen molar-refractivity contribution >= 4 is 23.4 Å². The molecule has 1 saturated carbocycles. The SMILES string of the molecule is C[C@]1(C(=O)NCc2ccc(F)cc2)Cn2cnc(C(=O)Nc3cccc(C(F)(F)F)c3)c2C(=O)N1C1CC1. The quantitative estimate of drug-likeness (QED) is 0.472. The highest BCUT2D eigenvalue weighted by molar-refractivity contribution is 6.11. The van der Waals surface area contributed by atoms with Gasteiger partial charge in [-0.1, -0.05) is 18.2 Å². The monoisotopic (exact) mass is 529 g/mol. The number of anilines is 1. The average molecular weight is 529 g/mol. The third-order valence-electron chi connectivity index (χ3n) is 6.70. The van der Waals surface area contributed by atoms with Crippen molar-refractivity contribution in [2.24, 2.45) is 0 Å². The molecule has 1 aliphatic carbocycles. The molecule has 0 bridgehead atoms. The van der Waals surface area contributed by atoms with E-state index in [4.69, 9.17) is 0 Å². The van der Waals surface area contributed by atoms with Crippen LogP contribution in [0.2, 0.25) is 0 Å². The number of nitrogens with zero attached hydrogens (tertiary/aromatic N) is 3. The van der Waals surface area contributed by atoms with Crippen LogP contribution in [0.1, 0.15) is 51.9 Å². The van der Waals surface area contributed by atoms with Crippen LogP contribution < -0.4 is 10.6 Å². The molecule has 198 valence electrons. The molecule has 5 rings (SSSR count). The van der Waals surface area contributed by atoms with Gasteiger partial charge in [0, 0.05) is 18.3 Å². The zero-order valence-corrected chi connectivity index (χ0v) is 20.2. The van der Waals surface area contributed by atoms with Gasteiger partial charge in [-0.2, -0.15) is 13.2 Å². The first-order valence-electron chi connectivity index (χ1n) is 11.9. The first-order chi connectivity index (χ1) is 18.0. The van der Waals surface area contributed by atoms with Crippen molar-refractivity contribution in [3.63, 3.8) is 0 Å². The number of carbonyl (C=O) groups is 3. The van der Waals surface area contributed by atoms with Crippen molar-refractivity contribution < 1.29 is 31.9 Å². The number of hydrogen-bond acceptors (Lipinski definition) is 4. The maximum atomic E-state index is 13.7. The van der Waals surface area contributed by atoms with Gasteiger partial charge in [0.05, 0.1) is 18.4 Å². The van der Waals surface area contributed by atoms with Crippen molar-refractivity contribution in [3.05, 3.63) is 83.2 Å². The normalized spacial score (nSPS) is 19.2. The molecule has 8 nitrogen and oxygen atoms in total. The summed E-state index contributed by atoms with van der Waals surface area (Å²) in [4.78, 5) is 45.6. The minimum absolute atomic E-state index is 0.0175. The molecular formula is C26H23F4N5O3. The molecule has 2 aliphatic rings. The summed E-state index contributed by atoms with van der Waals surface area (Å²) >= 11 is 0. The van der Waals surface area contributed by atoms with Crippen LogP contribution in [0.3, 0.4) is 0 Å². The number of rotatable bonds is 6. The van der Waals surface area contributed by atoms with Crippen LogP contribution in [-0.2, 0) is 24.1 Å². The van der Waals surface area contributed by atoms with E-state index in [9.17, 15) is 31.9 Å². The Labute approximate surface area is 214 Å². The van der Waals surface area contributed by atoms with Crippen molar-refractivity contribution in [3.8, 4) is 0 Å². The van der Waals surface area contributed by atoms with Crippen LogP contribution in [0.4, 0.5) is 23.2 Å². The molecule has 0 spiro atoms. The zero-order valence-electron chi connectivity index (χ0n) is 20.2. The van der Waals surface area contributed by atoms with E-state index in [1.54, 1.807) is 19.1 Å². The number of halogens is 4. The van der Waals surface area contributed by atoms with Crippen LogP contribution in [0.25, 0.3) is 0 Å². The summed E-state index contributed by atoms with van der Waals surface area (Å²) in [5.74, 6) is -2.22. The summed E-state index contributed by atoms with van der Waals surface area (Å²) in [6.45, 7) is 1.78. The molecule has 38 heavy (non-hydrogen) atoms. The number of amides is 3. The van der Waals surface area contributed by atoms with Crippen molar-refractivity contribution in [1.29, 1.82) is 0 Å². The Kier molecular flexibility index (Phi) is 6.20. The summed E-state index contributed by atoms with van der Waals surface area (Å²) in [7, 11) is 0. The highest BCUT2D eigenvalue weighted by Crippen LogP contribution is 2.39. The third-order valence-corrected chi connectivity index (χ3v) is 6.70. The van der Waals surface area contributed by atoms with E-state index in [2.05, 4.69) is 15.6 Å². The van der Waals surface area contributed by atoms with Crippen molar-refractivity contribution in [1.82, 2.24) is 19.8 Å². The second-order valence-electron chi connectivity index (χ2n) is 9.59. The fraction of sp³-hybridized carbons (Fsp3) is 0.308. The molecule has 2 aromatic carbocycles. The number of imidazole rings is 1. The molecule has 3 amide bonds. The number of benzene rings is 2. The lowest BCUT2D eigenvalue weighted by molar-refractivity contribution is -0.137. The maximum absolute atomic E-state index is 13.7. The van der Waals surface area contributed by atoms with Gasteiger partial charge in [0.1, 0.15) is 17.1 Å². The van der Waals surface area contributed by atoms with E-state index in [1.165, 1.54) is 34.0 Å². The van der Waals surface area contributed by atoms with Gasteiger partial charge >= 0.3 is 6.18 Å². The topological polar surface area (TPSA) is 96.3 Å². The smallest absolute Gasteiger partial charge is 0.350 e. The summed E-state index contributed by atoms with van der Waals surface area (Å²) in [6, 6.07) is 9.60. The van der Waals surface area contributed by atoms with Crippen molar-refractivity contribution in [2.75, 3.05) is 5.32 Å². The Bertz CT molecular complexity index is 1410. The summed E-state index contributed by atoms with van der Waals surface area (Å²) in [5, 5.41) is 5.19. The van der Waals surface area contributed by atoms with E-state index in [1.807, 2.05) is 0 Å². The molecule has 1 aromatic heterocycles. The molecule has 1 fully saturated rings. The van der Waals surface area contributed by atoms with Gasteiger partial charge in [0.25, 0.3) is 11.8 Å². The molecular weight excluding hydrogens is 506 g/mol. The molecule has 0 saturated heterocycles. The number of alkyl halides is 3. The Morgan fingerprint density at radius 3 is 2.50 bits per heavy atom. The number of carbonyl (C=O) groups excluding carboxylic acids is 3. The van der Waals surface area contributed by atoms with Gasteiger partial charge in [-0.05, 0) is 55.7 Å². The molecule has 1 atom stereocenters. The highest BCUT2D eigenvalue weighted by Gasteiger charge is 2.53. The molecule has 12 heteroatoms. The lowest BCUT2D eigenvalue weighted by Crippen LogP contribution is -2.64. The Balaban J connectivity index is 1.39. The summed E-state index contributed by atoms with van der Waals surface area (Å²) < 4.78 is 53.8. The molecule has 2 N–H and O–H groups in total. The van der Waals surface area contributed by atoms with Gasteiger partial charge in [0.2, 0.25) is 5.91 Å². The van der Waals surface area contributed by atoms with Gasteiger partial charge in [-0.25, -0.2) is 9.37 Å². The highest BCUT2D eigenvalue weighted by atomic mass is 19.4. The van der Waals surface area contributed by atoms with E-state index < -0.39 is 40.8 Å². The van der Waals surface area contributed by atoms with Crippen molar-refractivity contribution in [2.45, 2.75) is 50.6 Å². The van der Waals surface area contributed by atoms with Crippen LogP contribution in [0.5, 0.6) is 0 Å². The first kappa shape index (κ1) is 25.4. The average Bonchev–Trinajstić information content (AvgIpc) is 3.60. The second-order valence-corrected chi connectivity index (χ2v) is 9.59. The number of fused-ring (bicyclic) bond motifs is 1. The van der Waals surface area contributed by atoms with Crippen LogP contribution in [-0.4, -0.2) is 43.8 Å². The van der Waals surface area contributed by atoms with Crippen LogP contribution in [0.15, 0.2) is 54.9 Å². The predicted octanol–water partition coefficient (Wildman–Crippen LogP) is 3.99. The summed E-state index contributed by atoms with van der Waals surface area (Å²) in [6.07, 6.45) is -1.94. The Hall–Kier alpha value is -4.22. The van der Waals surface area contributed by atoms with Crippen LogP contribution >= 0.6 is 0 Å². The lowest BCUT2D eigenvalue weighted by atomic mass is 9.93. The lowest BCUT2D eigenvalue weighted by Gasteiger charge is -2.44. The molecule has 0 unspecified atom stereocenters. The molecule has 2 heterocycles. The minimum atomic E-state index is -4.59. The van der Waals surface area contributed by atoms with Gasteiger partial charge in [-0.15, -0.1) is 0 Å². The van der Waals surface area contributed by atoms with E-state index in [0.29, 0.717) is 18.4 Å². The Morgan fingerprint density at radius 1 is 1.13 bits per heavy atom.